The van der Waals surface area contributed by atoms with Crippen molar-refractivity contribution in [2.45, 2.75) is 31.8 Å². The minimum Gasteiger partial charge on any atom is -0.388 e. The molecule has 0 aliphatic heterocycles. The first-order valence-corrected chi connectivity index (χ1v) is 5.24. The lowest BCUT2D eigenvalue weighted by molar-refractivity contribution is 0.0620. The summed E-state index contributed by atoms with van der Waals surface area (Å²) in [5.41, 5.74) is 0.767. The van der Waals surface area contributed by atoms with E-state index in [9.17, 15) is 13.9 Å². The van der Waals surface area contributed by atoms with Crippen LogP contribution < -0.4 is 0 Å². The van der Waals surface area contributed by atoms with E-state index in [0.717, 1.165) is 24.8 Å². The van der Waals surface area contributed by atoms with Gasteiger partial charge in [0, 0.05) is 5.56 Å². The van der Waals surface area contributed by atoms with Crippen molar-refractivity contribution < 1.29 is 13.9 Å². The zero-order valence-corrected chi connectivity index (χ0v) is 8.37. The quantitative estimate of drug-likeness (QED) is 0.813. The number of halogens is 2. The fourth-order valence-electron chi connectivity index (χ4n) is 1.87. The van der Waals surface area contributed by atoms with E-state index in [-0.39, 0.29) is 5.56 Å². The maximum absolute atomic E-state index is 12.3. The molecule has 1 aromatic rings. The van der Waals surface area contributed by atoms with Crippen LogP contribution in [0.5, 0.6) is 0 Å². The van der Waals surface area contributed by atoms with Crippen LogP contribution in [0, 0.1) is 5.92 Å². The molecule has 1 N–H and O–H groups in total. The van der Waals surface area contributed by atoms with E-state index in [2.05, 4.69) is 0 Å². The van der Waals surface area contributed by atoms with Gasteiger partial charge in [-0.1, -0.05) is 30.7 Å². The lowest BCUT2D eigenvalue weighted by Gasteiger charge is -2.30. The average molecular weight is 212 g/mol. The largest absolute Gasteiger partial charge is 0.388 e. The van der Waals surface area contributed by atoms with Crippen LogP contribution in [0.4, 0.5) is 8.78 Å². The third kappa shape index (κ3) is 2.17. The van der Waals surface area contributed by atoms with Crippen LogP contribution in [-0.2, 0) is 0 Å². The zero-order valence-electron chi connectivity index (χ0n) is 8.37. The Balaban J connectivity index is 2.08. The van der Waals surface area contributed by atoms with Crippen molar-refractivity contribution in [1.29, 1.82) is 0 Å². The summed E-state index contributed by atoms with van der Waals surface area (Å²) in [6, 6.07) is 5.98. The van der Waals surface area contributed by atoms with Crippen LogP contribution in [0.15, 0.2) is 24.3 Å². The van der Waals surface area contributed by atoms with Gasteiger partial charge in [-0.05, 0) is 24.3 Å². The van der Waals surface area contributed by atoms with Gasteiger partial charge >= 0.3 is 0 Å². The van der Waals surface area contributed by atoms with Gasteiger partial charge in [0.1, 0.15) is 0 Å². The lowest BCUT2D eigenvalue weighted by Crippen LogP contribution is -2.19. The van der Waals surface area contributed by atoms with Crippen LogP contribution >= 0.6 is 0 Å². The molecule has 1 aliphatic carbocycles. The van der Waals surface area contributed by atoms with Gasteiger partial charge < -0.3 is 5.11 Å². The van der Waals surface area contributed by atoms with Gasteiger partial charge in [-0.3, -0.25) is 0 Å². The molecule has 0 heterocycles. The first-order valence-electron chi connectivity index (χ1n) is 5.24. The number of aliphatic hydroxyl groups is 1. The summed E-state index contributed by atoms with van der Waals surface area (Å²) in [6.07, 6.45) is 0.331. The topological polar surface area (TPSA) is 20.2 Å². The first-order chi connectivity index (χ1) is 7.18. The van der Waals surface area contributed by atoms with Gasteiger partial charge in [0.25, 0.3) is 6.43 Å². The average Bonchev–Trinajstić information content (AvgIpc) is 2.15. The summed E-state index contributed by atoms with van der Waals surface area (Å²) in [5.74, 6) is 0.322. The lowest BCUT2D eigenvalue weighted by atomic mass is 9.79. The molecule has 0 saturated heterocycles. The van der Waals surface area contributed by atoms with Crippen molar-refractivity contribution in [1.82, 2.24) is 0 Å². The summed E-state index contributed by atoms with van der Waals surface area (Å²) >= 11 is 0. The molecule has 2 rings (SSSR count). The maximum Gasteiger partial charge on any atom is 0.263 e. The maximum atomic E-state index is 12.3. The summed E-state index contributed by atoms with van der Waals surface area (Å²) < 4.78 is 24.5. The van der Waals surface area contributed by atoms with Crippen LogP contribution in [0.3, 0.4) is 0 Å². The molecule has 1 aliphatic rings. The van der Waals surface area contributed by atoms with Crippen molar-refractivity contribution in [2.24, 2.45) is 5.92 Å². The highest BCUT2D eigenvalue weighted by Crippen LogP contribution is 2.37. The van der Waals surface area contributed by atoms with E-state index in [1.807, 2.05) is 0 Å². The van der Waals surface area contributed by atoms with E-state index < -0.39 is 12.5 Å². The molecule has 1 unspecified atom stereocenters. The molecule has 1 nitrogen and oxygen atoms in total. The highest BCUT2D eigenvalue weighted by molar-refractivity contribution is 5.25. The van der Waals surface area contributed by atoms with Crippen molar-refractivity contribution in [3.8, 4) is 0 Å². The SMILES string of the molecule is OC(c1ccc(C(F)F)cc1)C1CCC1. The zero-order chi connectivity index (χ0) is 10.8. The second-order valence-corrected chi connectivity index (χ2v) is 4.10. The van der Waals surface area contributed by atoms with Crippen molar-refractivity contribution in [2.75, 3.05) is 0 Å². The van der Waals surface area contributed by atoms with Gasteiger partial charge in [0.2, 0.25) is 0 Å². The Morgan fingerprint density at radius 2 is 1.60 bits per heavy atom. The van der Waals surface area contributed by atoms with Gasteiger partial charge in [-0.25, -0.2) is 8.78 Å². The molecule has 1 atom stereocenters. The molecule has 1 fully saturated rings. The first kappa shape index (κ1) is 10.6. The van der Waals surface area contributed by atoms with E-state index >= 15 is 0 Å². The number of aliphatic hydroxyl groups excluding tert-OH is 1. The Morgan fingerprint density at radius 3 is 2.00 bits per heavy atom. The van der Waals surface area contributed by atoms with Gasteiger partial charge in [0.05, 0.1) is 6.10 Å². The van der Waals surface area contributed by atoms with Crippen LogP contribution in [0.1, 0.15) is 42.9 Å². The highest BCUT2D eigenvalue weighted by atomic mass is 19.3. The van der Waals surface area contributed by atoms with Gasteiger partial charge in [-0.2, -0.15) is 0 Å². The standard InChI is InChI=1S/C12H14F2O/c13-12(14)10-6-4-9(5-7-10)11(15)8-2-1-3-8/h4-8,11-12,15H,1-3H2. The van der Waals surface area contributed by atoms with Gasteiger partial charge in [-0.15, -0.1) is 0 Å². The van der Waals surface area contributed by atoms with Crippen LogP contribution in [-0.4, -0.2) is 5.11 Å². The molecule has 0 radical (unpaired) electrons. The Labute approximate surface area is 87.7 Å². The predicted molar refractivity (Wildman–Crippen MR) is 53.7 cm³/mol. The molecule has 15 heavy (non-hydrogen) atoms. The number of rotatable bonds is 3. The van der Waals surface area contributed by atoms with Crippen molar-refractivity contribution >= 4 is 0 Å². The van der Waals surface area contributed by atoms with Crippen LogP contribution in [0.2, 0.25) is 0 Å². The summed E-state index contributed by atoms with van der Waals surface area (Å²) in [5, 5.41) is 9.88. The molecular formula is C12H14F2O. The monoisotopic (exact) mass is 212 g/mol. The normalized spacial score (nSPS) is 18.9. The molecule has 1 aromatic carbocycles. The molecule has 0 amide bonds. The Kier molecular flexibility index (Phi) is 3.00. The summed E-state index contributed by atoms with van der Waals surface area (Å²) in [7, 11) is 0. The number of hydrogen-bond donors (Lipinski definition) is 1. The fourth-order valence-corrected chi connectivity index (χ4v) is 1.87. The second kappa shape index (κ2) is 4.27. The third-order valence-electron chi connectivity index (χ3n) is 3.13. The molecule has 0 bridgehead atoms. The smallest absolute Gasteiger partial charge is 0.263 e. The minimum atomic E-state index is -2.43. The van der Waals surface area contributed by atoms with Crippen LogP contribution in [0.25, 0.3) is 0 Å². The Bertz CT molecular complexity index is 317. The van der Waals surface area contributed by atoms with Gasteiger partial charge in [0.15, 0.2) is 0 Å². The highest BCUT2D eigenvalue weighted by Gasteiger charge is 2.26. The number of alkyl halides is 2. The predicted octanol–water partition coefficient (Wildman–Crippen LogP) is 3.46. The Hall–Kier alpha value is -0.960. The summed E-state index contributed by atoms with van der Waals surface area (Å²) in [4.78, 5) is 0. The molecule has 1 saturated carbocycles. The number of hydrogen-bond acceptors (Lipinski definition) is 1. The van der Waals surface area contributed by atoms with Crippen molar-refractivity contribution in [3.63, 3.8) is 0 Å². The third-order valence-corrected chi connectivity index (χ3v) is 3.13. The Morgan fingerprint density at radius 1 is 1.07 bits per heavy atom. The van der Waals surface area contributed by atoms with Crippen molar-refractivity contribution in [3.05, 3.63) is 35.4 Å². The van der Waals surface area contributed by atoms with E-state index in [1.165, 1.54) is 12.1 Å². The van der Waals surface area contributed by atoms with E-state index in [1.54, 1.807) is 12.1 Å². The molecule has 82 valence electrons. The summed E-state index contributed by atoms with van der Waals surface area (Å²) in [6.45, 7) is 0. The molecular weight excluding hydrogens is 198 g/mol. The second-order valence-electron chi connectivity index (χ2n) is 4.10. The molecule has 0 spiro atoms. The molecule has 0 aromatic heterocycles. The fraction of sp³-hybridized carbons (Fsp3) is 0.500. The van der Waals surface area contributed by atoms with E-state index in [4.69, 9.17) is 0 Å². The number of benzene rings is 1. The van der Waals surface area contributed by atoms with E-state index in [0.29, 0.717) is 5.92 Å². The minimum absolute atomic E-state index is 0.0135. The molecule has 3 heteroatoms.